The van der Waals surface area contributed by atoms with Crippen molar-refractivity contribution in [2.75, 3.05) is 16.4 Å². The van der Waals surface area contributed by atoms with Crippen LogP contribution in [-0.2, 0) is 9.59 Å². The zero-order chi connectivity index (χ0) is 30.1. The molecule has 42 heavy (non-hydrogen) atoms. The van der Waals surface area contributed by atoms with Crippen LogP contribution in [0.25, 0.3) is 6.08 Å². The molecule has 4 aromatic carbocycles. The Morgan fingerprint density at radius 2 is 1.60 bits per heavy atom. The highest BCUT2D eigenvalue weighted by molar-refractivity contribution is 8.00. The van der Waals surface area contributed by atoms with Gasteiger partial charge in [-0.1, -0.05) is 30.3 Å². The molecule has 0 unspecified atom stereocenters. The Labute approximate surface area is 245 Å². The van der Waals surface area contributed by atoms with Gasteiger partial charge in [0.05, 0.1) is 10.7 Å². The number of benzene rings is 4. The van der Waals surface area contributed by atoms with E-state index in [0.717, 1.165) is 4.90 Å². The zero-order valence-electron chi connectivity index (χ0n) is 22.3. The maximum absolute atomic E-state index is 13.4. The van der Waals surface area contributed by atoms with Crippen molar-refractivity contribution in [3.05, 3.63) is 135 Å². The standard InChI is InChI=1S/C31H25FN4O5S/c1-20-17-25(36(40)41)13-16-27(20)34-29(37)19-42-26-14-11-24(12-15-26)33-31(39)28(18-21-7-9-23(32)10-8-21)35-30(38)22-5-3-2-4-6-22/h2-18H,19H2,1H3,(H,33,39)(H,34,37)(H,35,38)/b28-18-. The van der Waals surface area contributed by atoms with Crippen molar-refractivity contribution in [1.29, 1.82) is 0 Å². The van der Waals surface area contributed by atoms with E-state index in [1.54, 1.807) is 61.5 Å². The van der Waals surface area contributed by atoms with Crippen molar-refractivity contribution in [2.45, 2.75) is 11.8 Å². The normalized spacial score (nSPS) is 11.0. The predicted molar refractivity (Wildman–Crippen MR) is 161 cm³/mol. The Bertz CT molecular complexity index is 1640. The van der Waals surface area contributed by atoms with Crippen LogP contribution < -0.4 is 16.0 Å². The number of nitrogens with zero attached hydrogens (tertiary/aromatic N) is 1. The molecule has 0 heterocycles. The van der Waals surface area contributed by atoms with Crippen molar-refractivity contribution < 1.29 is 23.7 Å². The van der Waals surface area contributed by atoms with Gasteiger partial charge in [0.15, 0.2) is 0 Å². The summed E-state index contributed by atoms with van der Waals surface area (Å²) in [5, 5.41) is 19.0. The summed E-state index contributed by atoms with van der Waals surface area (Å²) in [6.07, 6.45) is 1.45. The molecular weight excluding hydrogens is 559 g/mol. The molecule has 0 atom stereocenters. The van der Waals surface area contributed by atoms with E-state index in [9.17, 15) is 28.9 Å². The number of carbonyl (C=O) groups excluding carboxylic acids is 3. The largest absolute Gasteiger partial charge is 0.325 e. The van der Waals surface area contributed by atoms with E-state index < -0.39 is 22.6 Å². The van der Waals surface area contributed by atoms with Crippen LogP contribution in [0.5, 0.6) is 0 Å². The van der Waals surface area contributed by atoms with Crippen molar-refractivity contribution >= 4 is 52.6 Å². The van der Waals surface area contributed by atoms with Crippen LogP contribution >= 0.6 is 11.8 Å². The summed E-state index contributed by atoms with van der Waals surface area (Å²) in [7, 11) is 0. The van der Waals surface area contributed by atoms with Crippen molar-refractivity contribution in [2.24, 2.45) is 0 Å². The number of hydrogen-bond donors (Lipinski definition) is 3. The third-order valence-corrected chi connectivity index (χ3v) is 6.90. The van der Waals surface area contributed by atoms with Crippen molar-refractivity contribution in [1.82, 2.24) is 5.32 Å². The van der Waals surface area contributed by atoms with E-state index in [1.807, 2.05) is 0 Å². The smallest absolute Gasteiger partial charge is 0.272 e. The summed E-state index contributed by atoms with van der Waals surface area (Å²) < 4.78 is 13.4. The highest BCUT2D eigenvalue weighted by atomic mass is 32.2. The van der Waals surface area contributed by atoms with Crippen LogP contribution in [0.4, 0.5) is 21.5 Å². The van der Waals surface area contributed by atoms with Gasteiger partial charge in [-0.3, -0.25) is 24.5 Å². The second-order valence-electron chi connectivity index (χ2n) is 9.00. The van der Waals surface area contributed by atoms with Gasteiger partial charge in [0.1, 0.15) is 11.5 Å². The number of aryl methyl sites for hydroxylation is 1. The Balaban J connectivity index is 1.38. The van der Waals surface area contributed by atoms with Gasteiger partial charge in [0, 0.05) is 34.0 Å². The van der Waals surface area contributed by atoms with Gasteiger partial charge in [0.2, 0.25) is 5.91 Å². The number of anilines is 2. The molecule has 212 valence electrons. The third-order valence-electron chi connectivity index (χ3n) is 5.89. The maximum atomic E-state index is 13.4. The lowest BCUT2D eigenvalue weighted by molar-refractivity contribution is -0.384. The SMILES string of the molecule is Cc1cc([N+](=O)[O-])ccc1NC(=O)CSc1ccc(NC(=O)/C(=C/c2ccc(F)cc2)NC(=O)c2ccccc2)cc1. The molecule has 0 aliphatic heterocycles. The van der Waals surface area contributed by atoms with Gasteiger partial charge in [-0.05, 0) is 78.7 Å². The lowest BCUT2D eigenvalue weighted by Gasteiger charge is -2.12. The van der Waals surface area contributed by atoms with Gasteiger partial charge >= 0.3 is 0 Å². The van der Waals surface area contributed by atoms with Crippen LogP contribution in [-0.4, -0.2) is 28.4 Å². The lowest BCUT2D eigenvalue weighted by atomic mass is 10.1. The fraction of sp³-hybridized carbons (Fsp3) is 0.0645. The number of amides is 3. The molecule has 11 heteroatoms. The molecule has 0 fully saturated rings. The van der Waals surface area contributed by atoms with Crippen molar-refractivity contribution in [3.63, 3.8) is 0 Å². The summed E-state index contributed by atoms with van der Waals surface area (Å²) >= 11 is 1.27. The first-order chi connectivity index (χ1) is 20.2. The second-order valence-corrected chi connectivity index (χ2v) is 10.1. The minimum atomic E-state index is -0.582. The van der Waals surface area contributed by atoms with E-state index >= 15 is 0 Å². The molecule has 0 aliphatic carbocycles. The number of hydrogen-bond acceptors (Lipinski definition) is 6. The van der Waals surface area contributed by atoms with Crippen LogP contribution in [0, 0.1) is 22.9 Å². The van der Waals surface area contributed by atoms with Gasteiger partial charge in [-0.25, -0.2) is 4.39 Å². The van der Waals surface area contributed by atoms with Gasteiger partial charge in [-0.15, -0.1) is 11.8 Å². The maximum Gasteiger partial charge on any atom is 0.272 e. The van der Waals surface area contributed by atoms with E-state index in [0.29, 0.717) is 28.1 Å². The molecule has 4 aromatic rings. The summed E-state index contributed by atoms with van der Waals surface area (Å²) in [4.78, 5) is 49.5. The van der Waals surface area contributed by atoms with E-state index in [-0.39, 0.29) is 23.0 Å². The summed E-state index contributed by atoms with van der Waals surface area (Å²) in [5.74, 6) is -1.67. The fourth-order valence-corrected chi connectivity index (χ4v) is 4.44. The van der Waals surface area contributed by atoms with Crippen molar-refractivity contribution in [3.8, 4) is 0 Å². The first kappa shape index (κ1) is 29.7. The first-order valence-electron chi connectivity index (χ1n) is 12.6. The molecule has 0 spiro atoms. The van der Waals surface area contributed by atoms with Crippen LogP contribution in [0.2, 0.25) is 0 Å². The molecule has 3 N–H and O–H groups in total. The highest BCUT2D eigenvalue weighted by Gasteiger charge is 2.16. The average molecular weight is 585 g/mol. The number of carbonyl (C=O) groups is 3. The predicted octanol–water partition coefficient (Wildman–Crippen LogP) is 6.18. The Kier molecular flexibility index (Phi) is 9.80. The third kappa shape index (κ3) is 8.35. The van der Waals surface area contributed by atoms with E-state index in [4.69, 9.17) is 0 Å². The molecule has 3 amide bonds. The van der Waals surface area contributed by atoms with Crippen LogP contribution in [0.1, 0.15) is 21.5 Å². The summed E-state index contributed by atoms with van der Waals surface area (Å²) in [5.41, 5.74) is 2.32. The Morgan fingerprint density at radius 1 is 0.905 bits per heavy atom. The zero-order valence-corrected chi connectivity index (χ0v) is 23.1. The molecule has 9 nitrogen and oxygen atoms in total. The van der Waals surface area contributed by atoms with E-state index in [1.165, 1.54) is 60.3 Å². The molecule has 0 bridgehead atoms. The molecule has 0 aromatic heterocycles. The molecule has 0 saturated heterocycles. The van der Waals surface area contributed by atoms with E-state index in [2.05, 4.69) is 16.0 Å². The topological polar surface area (TPSA) is 130 Å². The molecule has 0 aliphatic rings. The summed E-state index contributed by atoms with van der Waals surface area (Å²) in [6.45, 7) is 1.68. The molecule has 4 rings (SSSR count). The Morgan fingerprint density at radius 3 is 2.24 bits per heavy atom. The number of nitrogens with one attached hydrogen (secondary N) is 3. The van der Waals surface area contributed by atoms with Crippen LogP contribution in [0.3, 0.4) is 0 Å². The lowest BCUT2D eigenvalue weighted by Crippen LogP contribution is -2.30. The number of nitro benzene ring substituents is 1. The number of thioether (sulfide) groups is 1. The second kappa shape index (κ2) is 13.9. The number of rotatable bonds is 10. The van der Waals surface area contributed by atoms with Gasteiger partial charge < -0.3 is 16.0 Å². The minimum absolute atomic E-state index is 0.0351. The van der Waals surface area contributed by atoms with Gasteiger partial charge in [0.25, 0.3) is 17.5 Å². The molecular formula is C31H25FN4O5S. The highest BCUT2D eigenvalue weighted by Crippen LogP contribution is 2.24. The summed E-state index contributed by atoms with van der Waals surface area (Å²) in [6, 6.07) is 24.9. The van der Waals surface area contributed by atoms with Crippen LogP contribution in [0.15, 0.2) is 108 Å². The fourth-order valence-electron chi connectivity index (χ4n) is 3.74. The first-order valence-corrected chi connectivity index (χ1v) is 13.6. The monoisotopic (exact) mass is 584 g/mol. The minimum Gasteiger partial charge on any atom is -0.325 e. The molecule has 0 saturated carbocycles. The number of nitro groups is 1. The molecule has 0 radical (unpaired) electrons. The number of non-ortho nitro benzene ring substituents is 1. The number of halogens is 1. The quantitative estimate of drug-likeness (QED) is 0.0883. The van der Waals surface area contributed by atoms with Gasteiger partial charge in [-0.2, -0.15) is 0 Å². The average Bonchev–Trinajstić information content (AvgIpc) is 2.99. The Hall–Kier alpha value is -5.29.